The second-order valence-electron chi connectivity index (χ2n) is 7.50. The number of imidazole rings is 1. The molecule has 0 aliphatic heterocycles. The van der Waals surface area contributed by atoms with Crippen molar-refractivity contribution in [3.63, 3.8) is 0 Å². The van der Waals surface area contributed by atoms with Crippen molar-refractivity contribution in [3.05, 3.63) is 59.9 Å². The molecule has 132 valence electrons. The largest absolute Gasteiger partial charge is 0.491 e. The first-order valence-electron chi connectivity index (χ1n) is 8.68. The standard InChI is InChI=1S/C21H26N2O2/c1-15-22-19-7-5-6-8-20(19)23(15)13-17(24)14-25-18-11-9-16(10-12-18)21(2,3)4/h5-12,17,24H,13-14H2,1-4H3/t17-/m1/s1. The number of hydrogen-bond donors (Lipinski definition) is 1. The minimum absolute atomic E-state index is 0.123. The van der Waals surface area contributed by atoms with Crippen molar-refractivity contribution in [3.8, 4) is 5.75 Å². The fourth-order valence-electron chi connectivity index (χ4n) is 2.93. The molecule has 0 aliphatic rings. The van der Waals surface area contributed by atoms with E-state index in [1.165, 1.54) is 5.56 Å². The molecule has 0 aliphatic carbocycles. The molecule has 3 aromatic rings. The van der Waals surface area contributed by atoms with Crippen LogP contribution in [0.2, 0.25) is 0 Å². The molecule has 1 N–H and O–H groups in total. The number of hydrogen-bond acceptors (Lipinski definition) is 3. The SMILES string of the molecule is Cc1nc2ccccc2n1C[C@@H](O)COc1ccc(C(C)(C)C)cc1. The van der Waals surface area contributed by atoms with Crippen LogP contribution in [0.1, 0.15) is 32.2 Å². The zero-order chi connectivity index (χ0) is 18.0. The van der Waals surface area contributed by atoms with Crippen LogP contribution in [-0.2, 0) is 12.0 Å². The number of para-hydroxylation sites is 2. The predicted octanol–water partition coefficient (Wildman–Crippen LogP) is 4.08. The number of rotatable bonds is 5. The van der Waals surface area contributed by atoms with Gasteiger partial charge in [-0.05, 0) is 42.2 Å². The van der Waals surface area contributed by atoms with E-state index < -0.39 is 6.10 Å². The summed E-state index contributed by atoms with van der Waals surface area (Å²) in [5, 5.41) is 10.4. The molecule has 4 heteroatoms. The van der Waals surface area contributed by atoms with Gasteiger partial charge in [-0.15, -0.1) is 0 Å². The fraction of sp³-hybridized carbons (Fsp3) is 0.381. The Balaban J connectivity index is 1.63. The van der Waals surface area contributed by atoms with Gasteiger partial charge in [0.2, 0.25) is 0 Å². The Morgan fingerprint density at radius 3 is 2.44 bits per heavy atom. The zero-order valence-electron chi connectivity index (χ0n) is 15.4. The summed E-state index contributed by atoms with van der Waals surface area (Å²) >= 11 is 0. The fourth-order valence-corrected chi connectivity index (χ4v) is 2.93. The van der Waals surface area contributed by atoms with E-state index in [0.717, 1.165) is 22.6 Å². The molecule has 0 radical (unpaired) electrons. The number of nitrogens with zero attached hydrogens (tertiary/aromatic N) is 2. The van der Waals surface area contributed by atoms with Gasteiger partial charge in [0.25, 0.3) is 0 Å². The maximum absolute atomic E-state index is 10.4. The topological polar surface area (TPSA) is 47.3 Å². The number of aromatic nitrogens is 2. The summed E-state index contributed by atoms with van der Waals surface area (Å²) in [4.78, 5) is 4.53. The van der Waals surface area contributed by atoms with Crippen molar-refractivity contribution in [2.75, 3.05) is 6.61 Å². The third-order valence-corrected chi connectivity index (χ3v) is 4.40. The van der Waals surface area contributed by atoms with Crippen LogP contribution in [0.4, 0.5) is 0 Å². The summed E-state index contributed by atoms with van der Waals surface area (Å²) in [5.74, 6) is 1.68. The monoisotopic (exact) mass is 338 g/mol. The lowest BCUT2D eigenvalue weighted by atomic mass is 9.87. The summed E-state index contributed by atoms with van der Waals surface area (Å²) in [7, 11) is 0. The lowest BCUT2D eigenvalue weighted by molar-refractivity contribution is 0.0929. The molecule has 0 amide bonds. The average molecular weight is 338 g/mol. The molecule has 0 saturated heterocycles. The van der Waals surface area contributed by atoms with Gasteiger partial charge in [0, 0.05) is 0 Å². The molecule has 0 spiro atoms. The van der Waals surface area contributed by atoms with Gasteiger partial charge in [0.1, 0.15) is 24.3 Å². The van der Waals surface area contributed by atoms with Crippen molar-refractivity contribution < 1.29 is 9.84 Å². The number of fused-ring (bicyclic) bond motifs is 1. The highest BCUT2D eigenvalue weighted by molar-refractivity contribution is 5.75. The van der Waals surface area contributed by atoms with E-state index in [4.69, 9.17) is 4.74 Å². The van der Waals surface area contributed by atoms with Gasteiger partial charge in [-0.25, -0.2) is 4.98 Å². The minimum atomic E-state index is -0.599. The number of aliphatic hydroxyl groups is 1. The molecule has 0 bridgehead atoms. The molecule has 2 aromatic carbocycles. The molecule has 0 saturated carbocycles. The Kier molecular flexibility index (Phi) is 4.82. The molecule has 1 aromatic heterocycles. The molecule has 0 unspecified atom stereocenters. The smallest absolute Gasteiger partial charge is 0.119 e. The van der Waals surface area contributed by atoms with Crippen molar-refractivity contribution in [1.82, 2.24) is 9.55 Å². The van der Waals surface area contributed by atoms with Crippen molar-refractivity contribution >= 4 is 11.0 Å². The maximum Gasteiger partial charge on any atom is 0.119 e. The lowest BCUT2D eigenvalue weighted by Gasteiger charge is -2.19. The molecule has 1 atom stereocenters. The van der Waals surface area contributed by atoms with Gasteiger partial charge >= 0.3 is 0 Å². The van der Waals surface area contributed by atoms with Crippen LogP contribution in [0.15, 0.2) is 48.5 Å². The summed E-state index contributed by atoms with van der Waals surface area (Å²) in [6.07, 6.45) is -0.599. The summed E-state index contributed by atoms with van der Waals surface area (Å²) in [5.41, 5.74) is 3.37. The molecule has 1 heterocycles. The third kappa shape index (κ3) is 4.02. The average Bonchev–Trinajstić information content (AvgIpc) is 2.88. The second-order valence-corrected chi connectivity index (χ2v) is 7.50. The quantitative estimate of drug-likeness (QED) is 0.762. The summed E-state index contributed by atoms with van der Waals surface area (Å²) in [6.45, 7) is 9.23. The molecule has 3 rings (SSSR count). The highest BCUT2D eigenvalue weighted by atomic mass is 16.5. The van der Waals surface area contributed by atoms with Crippen molar-refractivity contribution in [1.29, 1.82) is 0 Å². The summed E-state index contributed by atoms with van der Waals surface area (Å²) in [6, 6.07) is 16.0. The number of aryl methyl sites for hydroxylation is 1. The first kappa shape index (κ1) is 17.5. The highest BCUT2D eigenvalue weighted by Crippen LogP contribution is 2.24. The van der Waals surface area contributed by atoms with Crippen LogP contribution in [0.3, 0.4) is 0 Å². The molecular formula is C21H26N2O2. The number of ether oxygens (including phenoxy) is 1. The van der Waals surface area contributed by atoms with Gasteiger partial charge in [-0.1, -0.05) is 45.0 Å². The van der Waals surface area contributed by atoms with Crippen molar-refractivity contribution in [2.45, 2.75) is 45.8 Å². The van der Waals surface area contributed by atoms with Crippen molar-refractivity contribution in [2.24, 2.45) is 0 Å². The Morgan fingerprint density at radius 2 is 1.76 bits per heavy atom. The lowest BCUT2D eigenvalue weighted by Crippen LogP contribution is -2.24. The van der Waals surface area contributed by atoms with Gasteiger partial charge in [0.15, 0.2) is 0 Å². The Bertz CT molecular complexity index is 844. The molecular weight excluding hydrogens is 312 g/mol. The molecule has 25 heavy (non-hydrogen) atoms. The number of benzene rings is 2. The maximum atomic E-state index is 10.4. The Morgan fingerprint density at radius 1 is 1.08 bits per heavy atom. The van der Waals surface area contributed by atoms with Crippen LogP contribution in [0.5, 0.6) is 5.75 Å². The zero-order valence-corrected chi connectivity index (χ0v) is 15.4. The highest BCUT2D eigenvalue weighted by Gasteiger charge is 2.14. The van der Waals surface area contributed by atoms with E-state index in [9.17, 15) is 5.11 Å². The first-order chi connectivity index (χ1) is 11.8. The minimum Gasteiger partial charge on any atom is -0.491 e. The van der Waals surface area contributed by atoms with Crippen LogP contribution in [0, 0.1) is 6.92 Å². The summed E-state index contributed by atoms with van der Waals surface area (Å²) < 4.78 is 7.79. The predicted molar refractivity (Wildman–Crippen MR) is 101 cm³/mol. The first-order valence-corrected chi connectivity index (χ1v) is 8.68. The van der Waals surface area contributed by atoms with Gasteiger partial charge < -0.3 is 14.4 Å². The van der Waals surface area contributed by atoms with E-state index in [2.05, 4.69) is 37.9 Å². The van der Waals surface area contributed by atoms with Crippen LogP contribution < -0.4 is 4.74 Å². The molecule has 4 nitrogen and oxygen atoms in total. The Labute approximate surface area is 149 Å². The number of aliphatic hydroxyl groups excluding tert-OH is 1. The van der Waals surface area contributed by atoms with E-state index in [0.29, 0.717) is 6.54 Å². The normalized spacial score (nSPS) is 13.2. The van der Waals surface area contributed by atoms with Crippen LogP contribution in [-0.4, -0.2) is 27.4 Å². The van der Waals surface area contributed by atoms with E-state index in [1.807, 2.05) is 47.9 Å². The van der Waals surface area contributed by atoms with E-state index in [-0.39, 0.29) is 12.0 Å². The third-order valence-electron chi connectivity index (χ3n) is 4.40. The molecule has 0 fully saturated rings. The Hall–Kier alpha value is -2.33. The van der Waals surface area contributed by atoms with E-state index in [1.54, 1.807) is 0 Å². The van der Waals surface area contributed by atoms with Gasteiger partial charge in [0.05, 0.1) is 17.6 Å². The van der Waals surface area contributed by atoms with Crippen LogP contribution in [0.25, 0.3) is 11.0 Å². The van der Waals surface area contributed by atoms with E-state index >= 15 is 0 Å². The van der Waals surface area contributed by atoms with Gasteiger partial charge in [-0.3, -0.25) is 0 Å². The van der Waals surface area contributed by atoms with Gasteiger partial charge in [-0.2, -0.15) is 0 Å². The second kappa shape index (κ2) is 6.89. The van der Waals surface area contributed by atoms with Crippen LogP contribution >= 0.6 is 0 Å².